The Kier molecular flexibility index (Phi) is 4.05. The van der Waals surface area contributed by atoms with Crippen molar-refractivity contribution in [2.45, 2.75) is 57.7 Å². The number of carboxylic acids is 1. The number of carboxylic acid groups (broad SMARTS) is 1. The van der Waals surface area contributed by atoms with E-state index in [-0.39, 0.29) is 12.5 Å². The van der Waals surface area contributed by atoms with Gasteiger partial charge in [0.25, 0.3) is 0 Å². The minimum atomic E-state index is -0.683. The predicted molar refractivity (Wildman–Crippen MR) is 67.1 cm³/mol. The third kappa shape index (κ3) is 2.63. The van der Waals surface area contributed by atoms with Gasteiger partial charge in [-0.1, -0.05) is 6.92 Å². The molecule has 1 N–H and O–H groups in total. The normalized spacial score (nSPS) is 30.8. The lowest BCUT2D eigenvalue weighted by Crippen LogP contribution is -2.47. The van der Waals surface area contributed by atoms with E-state index in [1.165, 1.54) is 32.4 Å². The van der Waals surface area contributed by atoms with Crippen LogP contribution in [-0.4, -0.2) is 58.6 Å². The lowest BCUT2D eigenvalue weighted by molar-refractivity contribution is -0.138. The Morgan fingerprint density at radius 1 is 1.47 bits per heavy atom. The molecule has 4 heteroatoms. The van der Waals surface area contributed by atoms with Gasteiger partial charge in [-0.3, -0.25) is 14.6 Å². The van der Waals surface area contributed by atoms with Gasteiger partial charge in [-0.2, -0.15) is 0 Å². The summed E-state index contributed by atoms with van der Waals surface area (Å²) in [5.41, 5.74) is 0. The molecule has 4 nitrogen and oxygen atoms in total. The maximum atomic E-state index is 10.8. The molecule has 2 heterocycles. The van der Waals surface area contributed by atoms with Gasteiger partial charge in [-0.25, -0.2) is 0 Å². The second-order valence-corrected chi connectivity index (χ2v) is 5.38. The first-order chi connectivity index (χ1) is 8.13. The van der Waals surface area contributed by atoms with Crippen LogP contribution in [0.4, 0.5) is 0 Å². The van der Waals surface area contributed by atoms with E-state index in [0.29, 0.717) is 12.1 Å². The summed E-state index contributed by atoms with van der Waals surface area (Å²) in [6.45, 7) is 7.60. The van der Waals surface area contributed by atoms with Crippen molar-refractivity contribution in [1.29, 1.82) is 0 Å². The number of fused-ring (bicyclic) bond motifs is 1. The molecular formula is C13H24N2O2. The average Bonchev–Trinajstić information content (AvgIpc) is 2.81. The van der Waals surface area contributed by atoms with Crippen LogP contribution >= 0.6 is 0 Å². The molecule has 0 saturated carbocycles. The van der Waals surface area contributed by atoms with E-state index < -0.39 is 5.97 Å². The first-order valence-corrected chi connectivity index (χ1v) is 6.85. The summed E-state index contributed by atoms with van der Waals surface area (Å²) in [7, 11) is 0. The molecule has 0 aliphatic carbocycles. The summed E-state index contributed by atoms with van der Waals surface area (Å²) in [4.78, 5) is 15.8. The highest BCUT2D eigenvalue weighted by molar-refractivity contribution is 5.67. The summed E-state index contributed by atoms with van der Waals surface area (Å²) >= 11 is 0. The van der Waals surface area contributed by atoms with E-state index in [1.54, 1.807) is 0 Å². The van der Waals surface area contributed by atoms with Crippen molar-refractivity contribution in [2.24, 2.45) is 0 Å². The summed E-state index contributed by atoms with van der Waals surface area (Å²) in [5.74, 6) is -0.683. The Hall–Kier alpha value is -0.610. The van der Waals surface area contributed by atoms with Gasteiger partial charge in [0.15, 0.2) is 0 Å². The highest BCUT2D eigenvalue weighted by atomic mass is 16.4. The highest BCUT2D eigenvalue weighted by Gasteiger charge is 2.40. The van der Waals surface area contributed by atoms with Gasteiger partial charge in [0, 0.05) is 24.7 Å². The highest BCUT2D eigenvalue weighted by Crippen LogP contribution is 2.32. The number of aliphatic carboxylic acids is 1. The van der Waals surface area contributed by atoms with E-state index in [2.05, 4.69) is 23.6 Å². The molecule has 2 saturated heterocycles. The number of rotatable bonds is 5. The van der Waals surface area contributed by atoms with Crippen molar-refractivity contribution in [2.75, 3.05) is 19.6 Å². The molecule has 0 aromatic heterocycles. The zero-order valence-electron chi connectivity index (χ0n) is 10.9. The zero-order chi connectivity index (χ0) is 12.4. The Morgan fingerprint density at radius 3 is 2.88 bits per heavy atom. The molecule has 2 aliphatic heterocycles. The lowest BCUT2D eigenvalue weighted by atomic mass is 10.0. The molecular weight excluding hydrogens is 216 g/mol. The Bertz CT molecular complexity index is 283. The fourth-order valence-electron chi connectivity index (χ4n) is 3.69. The maximum Gasteiger partial charge on any atom is 0.304 e. The number of hydrogen-bond acceptors (Lipinski definition) is 3. The van der Waals surface area contributed by atoms with E-state index in [4.69, 9.17) is 5.11 Å². The van der Waals surface area contributed by atoms with Crippen molar-refractivity contribution in [3.8, 4) is 0 Å². The minimum absolute atomic E-state index is 0.156. The molecule has 98 valence electrons. The van der Waals surface area contributed by atoms with Crippen molar-refractivity contribution in [3.05, 3.63) is 0 Å². The van der Waals surface area contributed by atoms with Gasteiger partial charge in [0.1, 0.15) is 0 Å². The Labute approximate surface area is 104 Å². The number of carbonyl (C=O) groups is 1. The zero-order valence-corrected chi connectivity index (χ0v) is 10.9. The standard InChI is InChI=1S/C13H24N2O2/c1-3-15(10(2)9-13(16)17)12-6-8-14-7-4-5-11(12)14/h10-12H,3-9H2,1-2H3,(H,16,17). The maximum absolute atomic E-state index is 10.8. The van der Waals surface area contributed by atoms with Gasteiger partial charge >= 0.3 is 5.97 Å². The molecule has 2 fully saturated rings. The van der Waals surface area contributed by atoms with Crippen LogP contribution in [0.1, 0.15) is 39.5 Å². The van der Waals surface area contributed by atoms with Crippen LogP contribution in [0.15, 0.2) is 0 Å². The lowest BCUT2D eigenvalue weighted by Gasteiger charge is -2.36. The molecule has 0 amide bonds. The Morgan fingerprint density at radius 2 is 2.24 bits per heavy atom. The quantitative estimate of drug-likeness (QED) is 0.789. The largest absolute Gasteiger partial charge is 0.481 e. The third-order valence-corrected chi connectivity index (χ3v) is 4.40. The van der Waals surface area contributed by atoms with Gasteiger partial charge in [0.05, 0.1) is 6.42 Å². The summed E-state index contributed by atoms with van der Waals surface area (Å²) in [5, 5.41) is 8.92. The van der Waals surface area contributed by atoms with Crippen molar-refractivity contribution in [3.63, 3.8) is 0 Å². The molecule has 0 aromatic rings. The SMILES string of the molecule is CCN(C(C)CC(=O)O)C1CCN2CCCC12. The van der Waals surface area contributed by atoms with Crippen LogP contribution in [0.5, 0.6) is 0 Å². The van der Waals surface area contributed by atoms with Crippen LogP contribution in [0.25, 0.3) is 0 Å². The molecule has 3 atom stereocenters. The molecule has 17 heavy (non-hydrogen) atoms. The summed E-state index contributed by atoms with van der Waals surface area (Å²) in [6, 6.07) is 1.42. The van der Waals surface area contributed by atoms with Gasteiger partial charge in [0.2, 0.25) is 0 Å². The number of nitrogens with zero attached hydrogens (tertiary/aromatic N) is 2. The van der Waals surface area contributed by atoms with Crippen molar-refractivity contribution in [1.82, 2.24) is 9.80 Å². The molecule has 0 aromatic carbocycles. The van der Waals surface area contributed by atoms with Crippen LogP contribution in [0.3, 0.4) is 0 Å². The van der Waals surface area contributed by atoms with E-state index in [0.717, 1.165) is 6.54 Å². The second-order valence-electron chi connectivity index (χ2n) is 5.38. The smallest absolute Gasteiger partial charge is 0.304 e. The fraction of sp³-hybridized carbons (Fsp3) is 0.923. The summed E-state index contributed by atoms with van der Waals surface area (Å²) in [6.07, 6.45) is 4.08. The molecule has 0 bridgehead atoms. The van der Waals surface area contributed by atoms with Crippen LogP contribution < -0.4 is 0 Å². The van der Waals surface area contributed by atoms with Crippen LogP contribution in [-0.2, 0) is 4.79 Å². The number of hydrogen-bond donors (Lipinski definition) is 1. The van der Waals surface area contributed by atoms with Crippen LogP contribution in [0, 0.1) is 0 Å². The molecule has 0 radical (unpaired) electrons. The van der Waals surface area contributed by atoms with E-state index in [1.807, 2.05) is 0 Å². The molecule has 2 rings (SSSR count). The van der Waals surface area contributed by atoms with Gasteiger partial charge < -0.3 is 5.11 Å². The topological polar surface area (TPSA) is 43.8 Å². The van der Waals surface area contributed by atoms with E-state index >= 15 is 0 Å². The first-order valence-electron chi connectivity index (χ1n) is 6.85. The van der Waals surface area contributed by atoms with Gasteiger partial charge in [-0.05, 0) is 39.3 Å². The first kappa shape index (κ1) is 12.8. The van der Waals surface area contributed by atoms with Crippen LogP contribution in [0.2, 0.25) is 0 Å². The molecule has 0 spiro atoms. The molecule has 3 unspecified atom stereocenters. The Balaban J connectivity index is 2.00. The third-order valence-electron chi connectivity index (χ3n) is 4.40. The van der Waals surface area contributed by atoms with Crippen molar-refractivity contribution < 1.29 is 9.90 Å². The predicted octanol–water partition coefficient (Wildman–Crippen LogP) is 1.41. The fourth-order valence-corrected chi connectivity index (χ4v) is 3.69. The average molecular weight is 240 g/mol. The van der Waals surface area contributed by atoms with Crippen molar-refractivity contribution >= 4 is 5.97 Å². The molecule has 2 aliphatic rings. The van der Waals surface area contributed by atoms with E-state index in [9.17, 15) is 4.79 Å². The monoisotopic (exact) mass is 240 g/mol. The minimum Gasteiger partial charge on any atom is -0.481 e. The number of likely N-dealkylation sites (N-methyl/N-ethyl adjacent to an activating group) is 1. The summed E-state index contributed by atoms with van der Waals surface area (Å²) < 4.78 is 0. The second kappa shape index (κ2) is 5.36. The van der Waals surface area contributed by atoms with Gasteiger partial charge in [-0.15, -0.1) is 0 Å².